The highest BCUT2D eigenvalue weighted by Crippen LogP contribution is 2.31. The van der Waals surface area contributed by atoms with Crippen molar-refractivity contribution in [2.24, 2.45) is 0 Å². The first-order valence-electron chi connectivity index (χ1n) is 13.1. The number of para-hydroxylation sites is 3. The number of aromatic nitrogens is 2. The maximum absolute atomic E-state index is 14.3. The standard InChI is InChI=1S/C32H26F4N2O4/c1-2-40-30(39)18-24-17-21(11-16-26(24)33)20-41-29-10-6-3-7-23(29)19-38-28-9-5-4-8-27(28)37-31(38)22-12-14-25(15-13-22)42-32(34,35)36/h3-17H,2,18-20H2,1H3. The van der Waals surface area contributed by atoms with E-state index >= 15 is 0 Å². The molecule has 0 aliphatic heterocycles. The van der Waals surface area contributed by atoms with Crippen LogP contribution >= 0.6 is 0 Å². The predicted octanol–water partition coefficient (Wildman–Crippen LogP) is 7.47. The average Bonchev–Trinajstić information content (AvgIpc) is 3.32. The van der Waals surface area contributed by atoms with Crippen LogP contribution in [0.5, 0.6) is 11.5 Å². The quantitative estimate of drug-likeness (QED) is 0.127. The lowest BCUT2D eigenvalue weighted by Crippen LogP contribution is -2.17. The number of nitrogens with zero attached hydrogens (tertiary/aromatic N) is 2. The van der Waals surface area contributed by atoms with Crippen LogP contribution in [0.1, 0.15) is 23.6 Å². The van der Waals surface area contributed by atoms with Crippen molar-refractivity contribution in [3.05, 3.63) is 114 Å². The van der Waals surface area contributed by atoms with Gasteiger partial charge < -0.3 is 18.8 Å². The summed E-state index contributed by atoms with van der Waals surface area (Å²) in [7, 11) is 0. The van der Waals surface area contributed by atoms with Crippen LogP contribution in [0.2, 0.25) is 0 Å². The highest BCUT2D eigenvalue weighted by molar-refractivity contribution is 5.81. The molecule has 5 rings (SSSR count). The molecular weight excluding hydrogens is 552 g/mol. The van der Waals surface area contributed by atoms with Gasteiger partial charge in [-0.2, -0.15) is 0 Å². The van der Waals surface area contributed by atoms with Gasteiger partial charge in [0, 0.05) is 11.1 Å². The van der Waals surface area contributed by atoms with Crippen LogP contribution in [0, 0.1) is 5.82 Å². The average molecular weight is 579 g/mol. The summed E-state index contributed by atoms with van der Waals surface area (Å²) in [6, 6.07) is 25.0. The Labute approximate surface area is 239 Å². The lowest BCUT2D eigenvalue weighted by molar-refractivity contribution is -0.274. The molecule has 216 valence electrons. The molecule has 0 atom stereocenters. The molecule has 42 heavy (non-hydrogen) atoms. The second-order valence-electron chi connectivity index (χ2n) is 9.39. The summed E-state index contributed by atoms with van der Waals surface area (Å²) in [5.41, 5.74) is 3.90. The van der Waals surface area contributed by atoms with Gasteiger partial charge in [-0.1, -0.05) is 36.4 Å². The van der Waals surface area contributed by atoms with Crippen molar-refractivity contribution in [1.29, 1.82) is 0 Å². The Balaban J connectivity index is 1.41. The Morgan fingerprint density at radius 1 is 0.905 bits per heavy atom. The van der Waals surface area contributed by atoms with Crippen LogP contribution in [0.4, 0.5) is 17.6 Å². The summed E-state index contributed by atoms with van der Waals surface area (Å²) in [5, 5.41) is 0. The maximum atomic E-state index is 14.3. The Bertz CT molecular complexity index is 1700. The smallest absolute Gasteiger partial charge is 0.489 e. The van der Waals surface area contributed by atoms with Gasteiger partial charge in [0.15, 0.2) is 0 Å². The number of esters is 1. The molecule has 0 aliphatic carbocycles. The number of halogens is 4. The van der Waals surface area contributed by atoms with E-state index in [9.17, 15) is 22.4 Å². The normalized spacial score (nSPS) is 11.5. The Kier molecular flexibility index (Phi) is 8.42. The van der Waals surface area contributed by atoms with Crippen molar-refractivity contribution >= 4 is 17.0 Å². The van der Waals surface area contributed by atoms with Crippen molar-refractivity contribution in [1.82, 2.24) is 9.55 Å². The first-order chi connectivity index (χ1) is 20.2. The van der Waals surface area contributed by atoms with Crippen LogP contribution < -0.4 is 9.47 Å². The molecule has 0 saturated heterocycles. The fourth-order valence-corrected chi connectivity index (χ4v) is 4.59. The summed E-state index contributed by atoms with van der Waals surface area (Å²) >= 11 is 0. The maximum Gasteiger partial charge on any atom is 0.573 e. The van der Waals surface area contributed by atoms with Crippen LogP contribution in [0.3, 0.4) is 0 Å². The van der Waals surface area contributed by atoms with Crippen molar-refractivity contribution in [2.45, 2.75) is 32.9 Å². The second kappa shape index (κ2) is 12.3. The van der Waals surface area contributed by atoms with E-state index in [1.165, 1.54) is 30.3 Å². The first kappa shape index (κ1) is 28.7. The van der Waals surface area contributed by atoms with E-state index in [0.717, 1.165) is 16.6 Å². The molecule has 0 aliphatic rings. The van der Waals surface area contributed by atoms with Crippen molar-refractivity contribution < 1.29 is 36.6 Å². The number of fused-ring (bicyclic) bond motifs is 1. The zero-order chi connectivity index (χ0) is 29.7. The van der Waals surface area contributed by atoms with Gasteiger partial charge in [0.25, 0.3) is 0 Å². The number of imidazole rings is 1. The molecule has 0 spiro atoms. The number of carbonyl (C=O) groups excluding carboxylic acids is 1. The third-order valence-corrected chi connectivity index (χ3v) is 6.45. The lowest BCUT2D eigenvalue weighted by Gasteiger charge is -2.15. The fourth-order valence-electron chi connectivity index (χ4n) is 4.59. The minimum absolute atomic E-state index is 0.130. The largest absolute Gasteiger partial charge is 0.573 e. The van der Waals surface area contributed by atoms with Gasteiger partial charge in [0.2, 0.25) is 0 Å². The van der Waals surface area contributed by atoms with Gasteiger partial charge in [-0.15, -0.1) is 13.2 Å². The van der Waals surface area contributed by atoms with Crippen LogP contribution in [0.25, 0.3) is 22.4 Å². The van der Waals surface area contributed by atoms with Crippen molar-refractivity contribution in [2.75, 3.05) is 6.61 Å². The molecule has 0 fully saturated rings. The van der Waals surface area contributed by atoms with Gasteiger partial charge >= 0.3 is 12.3 Å². The summed E-state index contributed by atoms with van der Waals surface area (Å²) in [4.78, 5) is 16.6. The monoisotopic (exact) mass is 578 g/mol. The van der Waals surface area contributed by atoms with Crippen LogP contribution in [-0.2, 0) is 29.1 Å². The Morgan fingerprint density at radius 3 is 2.40 bits per heavy atom. The molecule has 0 radical (unpaired) electrons. The van der Waals surface area contributed by atoms with Gasteiger partial charge in [0.1, 0.15) is 29.7 Å². The molecule has 1 aromatic heterocycles. The van der Waals surface area contributed by atoms with E-state index < -0.39 is 18.1 Å². The number of hydrogen-bond donors (Lipinski definition) is 0. The molecule has 4 aromatic carbocycles. The molecule has 1 heterocycles. The summed E-state index contributed by atoms with van der Waals surface area (Å²) < 4.78 is 69.3. The van der Waals surface area contributed by atoms with E-state index in [0.29, 0.717) is 29.2 Å². The van der Waals surface area contributed by atoms with E-state index in [1.54, 1.807) is 19.1 Å². The third-order valence-electron chi connectivity index (χ3n) is 6.45. The van der Waals surface area contributed by atoms with Crippen molar-refractivity contribution in [3.63, 3.8) is 0 Å². The Hall–Kier alpha value is -4.86. The van der Waals surface area contributed by atoms with Gasteiger partial charge in [-0.25, -0.2) is 9.37 Å². The summed E-state index contributed by atoms with van der Waals surface area (Å²) in [5.74, 6) is -0.174. The van der Waals surface area contributed by atoms with Gasteiger partial charge in [-0.3, -0.25) is 4.79 Å². The number of rotatable bonds is 10. The molecule has 10 heteroatoms. The second-order valence-corrected chi connectivity index (χ2v) is 9.39. The minimum Gasteiger partial charge on any atom is -0.489 e. The van der Waals surface area contributed by atoms with Gasteiger partial charge in [-0.05, 0) is 72.6 Å². The van der Waals surface area contributed by atoms with E-state index in [-0.39, 0.29) is 30.9 Å². The number of benzene rings is 4. The zero-order valence-electron chi connectivity index (χ0n) is 22.5. The topological polar surface area (TPSA) is 62.6 Å². The molecule has 6 nitrogen and oxygen atoms in total. The first-order valence-corrected chi connectivity index (χ1v) is 13.1. The number of ether oxygens (including phenoxy) is 3. The molecule has 0 N–H and O–H groups in total. The van der Waals surface area contributed by atoms with E-state index in [4.69, 9.17) is 14.5 Å². The SMILES string of the molecule is CCOC(=O)Cc1cc(COc2ccccc2Cn2c(-c3ccc(OC(F)(F)F)cc3)nc3ccccc32)ccc1F. The van der Waals surface area contributed by atoms with Crippen LogP contribution in [-0.4, -0.2) is 28.5 Å². The Morgan fingerprint density at radius 2 is 1.64 bits per heavy atom. The molecule has 0 unspecified atom stereocenters. The molecular formula is C32H26F4N2O4. The number of alkyl halides is 3. The van der Waals surface area contributed by atoms with Crippen LogP contribution in [0.15, 0.2) is 91.0 Å². The molecule has 5 aromatic rings. The van der Waals surface area contributed by atoms with E-state index in [2.05, 4.69) is 4.74 Å². The molecule has 0 saturated carbocycles. The predicted molar refractivity (Wildman–Crippen MR) is 148 cm³/mol. The number of carbonyl (C=O) groups is 1. The number of hydrogen-bond acceptors (Lipinski definition) is 5. The highest BCUT2D eigenvalue weighted by Gasteiger charge is 2.31. The van der Waals surface area contributed by atoms with Crippen molar-refractivity contribution in [3.8, 4) is 22.9 Å². The molecule has 0 amide bonds. The van der Waals surface area contributed by atoms with Gasteiger partial charge in [0.05, 0.1) is 30.6 Å². The highest BCUT2D eigenvalue weighted by atomic mass is 19.4. The van der Waals surface area contributed by atoms with E-state index in [1.807, 2.05) is 53.1 Å². The zero-order valence-corrected chi connectivity index (χ0v) is 22.5. The third kappa shape index (κ3) is 6.88. The summed E-state index contributed by atoms with van der Waals surface area (Å²) in [6.07, 6.45) is -4.96. The molecule has 0 bridgehead atoms. The fraction of sp³-hybridized carbons (Fsp3) is 0.188. The lowest BCUT2D eigenvalue weighted by atomic mass is 10.1. The minimum atomic E-state index is -4.78. The summed E-state index contributed by atoms with van der Waals surface area (Å²) in [6.45, 7) is 2.39.